The van der Waals surface area contributed by atoms with Crippen LogP contribution in [0.15, 0.2) is 102 Å². The number of fused-ring (bicyclic) bond motifs is 1. The predicted molar refractivity (Wildman–Crippen MR) is 145 cm³/mol. The second kappa shape index (κ2) is 10.1. The molecule has 37 heavy (non-hydrogen) atoms. The molecular formula is C31H24FNO3S. The van der Waals surface area contributed by atoms with E-state index in [1.165, 1.54) is 17.1 Å². The molecule has 1 N–H and O–H groups in total. The normalized spacial score (nSPS) is 14.4. The third-order valence-electron chi connectivity index (χ3n) is 6.64. The van der Waals surface area contributed by atoms with Crippen LogP contribution < -0.4 is 15.0 Å². The Morgan fingerprint density at radius 1 is 0.892 bits per heavy atom. The van der Waals surface area contributed by atoms with Crippen LogP contribution in [-0.4, -0.2) is 4.37 Å². The summed E-state index contributed by atoms with van der Waals surface area (Å²) < 4.78 is 29.7. The van der Waals surface area contributed by atoms with Gasteiger partial charge in [0.2, 0.25) is 0 Å². The van der Waals surface area contributed by atoms with E-state index >= 15 is 0 Å². The molecule has 0 saturated carbocycles. The van der Waals surface area contributed by atoms with Gasteiger partial charge in [-0.3, -0.25) is 9.17 Å². The molecule has 1 heterocycles. The van der Waals surface area contributed by atoms with Crippen LogP contribution in [0.3, 0.4) is 0 Å². The summed E-state index contributed by atoms with van der Waals surface area (Å²) in [7, 11) is 0. The van der Waals surface area contributed by atoms with Gasteiger partial charge in [-0.2, -0.15) is 0 Å². The number of halogens is 1. The standard InChI is InChI=1S/C31H24FNO3S/c32-27-17-22(11-15-29(27)35-19-20-5-2-1-3-6-20)24-7-4-8-26-25(24)14-16-28(26)36-23-12-9-21(10-13-23)30-18-31(34)33-37-30/h1-13,15,17-18,28H,14,16,19H2,(H,33,34)/t28-/m1/s1. The minimum Gasteiger partial charge on any atom is -0.486 e. The van der Waals surface area contributed by atoms with Gasteiger partial charge in [0.25, 0.3) is 5.56 Å². The summed E-state index contributed by atoms with van der Waals surface area (Å²) >= 11 is 1.32. The summed E-state index contributed by atoms with van der Waals surface area (Å²) in [5.74, 6) is 0.655. The zero-order valence-electron chi connectivity index (χ0n) is 19.9. The Morgan fingerprint density at radius 2 is 1.70 bits per heavy atom. The van der Waals surface area contributed by atoms with E-state index in [-0.39, 0.29) is 23.2 Å². The van der Waals surface area contributed by atoms with Gasteiger partial charge < -0.3 is 9.47 Å². The van der Waals surface area contributed by atoms with Gasteiger partial charge in [0.05, 0.1) is 4.88 Å². The van der Waals surface area contributed by atoms with E-state index in [0.717, 1.165) is 51.3 Å². The second-order valence-corrected chi connectivity index (χ2v) is 9.89. The van der Waals surface area contributed by atoms with E-state index in [9.17, 15) is 9.18 Å². The maximum Gasteiger partial charge on any atom is 0.258 e. The number of H-pyrrole nitrogens is 1. The smallest absolute Gasteiger partial charge is 0.258 e. The van der Waals surface area contributed by atoms with Crippen molar-refractivity contribution >= 4 is 11.5 Å². The van der Waals surface area contributed by atoms with Gasteiger partial charge in [0.15, 0.2) is 11.6 Å². The molecule has 4 aromatic carbocycles. The van der Waals surface area contributed by atoms with Gasteiger partial charge in [-0.25, -0.2) is 4.39 Å². The number of hydrogen-bond acceptors (Lipinski definition) is 4. The highest BCUT2D eigenvalue weighted by Gasteiger charge is 2.27. The largest absolute Gasteiger partial charge is 0.486 e. The van der Waals surface area contributed by atoms with E-state index in [1.54, 1.807) is 18.2 Å². The van der Waals surface area contributed by atoms with E-state index < -0.39 is 0 Å². The summed E-state index contributed by atoms with van der Waals surface area (Å²) in [6, 6.07) is 30.4. The molecule has 0 spiro atoms. The molecule has 0 aliphatic heterocycles. The number of aromatic amines is 1. The summed E-state index contributed by atoms with van der Waals surface area (Å²) in [5, 5.41) is 0. The van der Waals surface area contributed by atoms with Crippen molar-refractivity contribution in [2.45, 2.75) is 25.6 Å². The van der Waals surface area contributed by atoms with Gasteiger partial charge in [0.1, 0.15) is 18.5 Å². The summed E-state index contributed by atoms with van der Waals surface area (Å²) in [5.41, 5.74) is 6.06. The van der Waals surface area contributed by atoms with Crippen molar-refractivity contribution in [2.75, 3.05) is 0 Å². The molecule has 6 rings (SSSR count). The lowest BCUT2D eigenvalue weighted by molar-refractivity contribution is 0.207. The quantitative estimate of drug-likeness (QED) is 0.246. The SMILES string of the molecule is O=c1cc(-c2ccc(O[C@@H]3CCc4c(-c5ccc(OCc6ccccc6)c(F)c5)cccc43)cc2)s[nH]1. The van der Waals surface area contributed by atoms with Crippen molar-refractivity contribution in [1.29, 1.82) is 0 Å². The van der Waals surface area contributed by atoms with Crippen LogP contribution in [-0.2, 0) is 13.0 Å². The van der Waals surface area contributed by atoms with Crippen LogP contribution in [0.1, 0.15) is 29.2 Å². The number of ether oxygens (including phenoxy) is 2. The second-order valence-electron chi connectivity index (χ2n) is 9.04. The summed E-state index contributed by atoms with van der Waals surface area (Å²) in [6.45, 7) is 0.323. The Morgan fingerprint density at radius 3 is 2.46 bits per heavy atom. The number of nitrogens with one attached hydrogen (secondary N) is 1. The van der Waals surface area contributed by atoms with E-state index in [2.05, 4.69) is 10.4 Å². The highest BCUT2D eigenvalue weighted by molar-refractivity contribution is 7.09. The molecule has 6 heteroatoms. The van der Waals surface area contributed by atoms with E-state index in [1.807, 2.05) is 72.8 Å². The first-order valence-electron chi connectivity index (χ1n) is 12.2. The van der Waals surface area contributed by atoms with Crippen LogP contribution >= 0.6 is 11.5 Å². The zero-order chi connectivity index (χ0) is 25.2. The van der Waals surface area contributed by atoms with Crippen molar-refractivity contribution in [3.05, 3.63) is 130 Å². The lowest BCUT2D eigenvalue weighted by atomic mass is 9.96. The predicted octanol–water partition coefficient (Wildman–Crippen LogP) is 7.55. The first-order chi connectivity index (χ1) is 18.1. The van der Waals surface area contributed by atoms with E-state index in [0.29, 0.717) is 6.61 Å². The summed E-state index contributed by atoms with van der Waals surface area (Å²) in [6.07, 6.45) is 1.65. The van der Waals surface area contributed by atoms with Gasteiger partial charge >= 0.3 is 0 Å². The molecule has 0 bridgehead atoms. The molecule has 4 nitrogen and oxygen atoms in total. The molecular weight excluding hydrogens is 485 g/mol. The molecule has 0 radical (unpaired) electrons. The van der Waals surface area contributed by atoms with Crippen LogP contribution in [0.4, 0.5) is 4.39 Å². The highest BCUT2D eigenvalue weighted by Crippen LogP contribution is 2.41. The van der Waals surface area contributed by atoms with Gasteiger partial charge in [-0.1, -0.05) is 66.1 Å². The minimum atomic E-state index is -0.371. The third kappa shape index (κ3) is 4.93. The first-order valence-corrected chi connectivity index (χ1v) is 13.0. The maximum absolute atomic E-state index is 14.9. The molecule has 1 aliphatic carbocycles. The Balaban J connectivity index is 1.19. The van der Waals surface area contributed by atoms with Crippen molar-refractivity contribution in [3.63, 3.8) is 0 Å². The molecule has 0 fully saturated rings. The third-order valence-corrected chi connectivity index (χ3v) is 7.51. The molecule has 184 valence electrons. The number of rotatable bonds is 7. The van der Waals surface area contributed by atoms with Crippen LogP contribution in [0.25, 0.3) is 21.6 Å². The average Bonchev–Trinajstić information content (AvgIpc) is 3.55. The van der Waals surface area contributed by atoms with Crippen molar-refractivity contribution in [2.24, 2.45) is 0 Å². The van der Waals surface area contributed by atoms with Crippen molar-refractivity contribution < 1.29 is 13.9 Å². The molecule has 1 aliphatic rings. The Kier molecular flexibility index (Phi) is 6.33. The van der Waals surface area contributed by atoms with Gasteiger partial charge in [-0.05, 0) is 82.6 Å². The van der Waals surface area contributed by atoms with Crippen LogP contribution in [0.5, 0.6) is 11.5 Å². The van der Waals surface area contributed by atoms with Gasteiger partial charge in [0, 0.05) is 6.07 Å². The van der Waals surface area contributed by atoms with Crippen LogP contribution in [0, 0.1) is 5.82 Å². The first kappa shape index (κ1) is 23.3. The molecule has 0 amide bonds. The Labute approximate surface area is 218 Å². The fraction of sp³-hybridized carbons (Fsp3) is 0.129. The number of aromatic nitrogens is 1. The minimum absolute atomic E-state index is 0.0672. The maximum atomic E-state index is 14.9. The monoisotopic (exact) mass is 509 g/mol. The lowest BCUT2D eigenvalue weighted by Crippen LogP contribution is -2.03. The fourth-order valence-electron chi connectivity index (χ4n) is 4.82. The highest BCUT2D eigenvalue weighted by atomic mass is 32.1. The molecule has 0 saturated heterocycles. The Bertz CT molecular complexity index is 1590. The average molecular weight is 510 g/mol. The number of hydrogen-bond donors (Lipinski definition) is 1. The Hall–Kier alpha value is -4.16. The topological polar surface area (TPSA) is 51.3 Å². The zero-order valence-corrected chi connectivity index (χ0v) is 20.8. The lowest BCUT2D eigenvalue weighted by Gasteiger charge is -2.16. The van der Waals surface area contributed by atoms with Gasteiger partial charge in [-0.15, -0.1) is 0 Å². The molecule has 0 unspecified atom stereocenters. The fourth-order valence-corrected chi connectivity index (χ4v) is 5.51. The molecule has 5 aromatic rings. The van der Waals surface area contributed by atoms with Crippen molar-refractivity contribution in [1.82, 2.24) is 4.37 Å². The summed E-state index contributed by atoms with van der Waals surface area (Å²) in [4.78, 5) is 12.3. The van der Waals surface area contributed by atoms with Crippen molar-refractivity contribution in [3.8, 4) is 33.1 Å². The van der Waals surface area contributed by atoms with E-state index in [4.69, 9.17) is 9.47 Å². The molecule has 1 aromatic heterocycles. The van der Waals surface area contributed by atoms with Crippen LogP contribution in [0.2, 0.25) is 0 Å². The number of benzene rings is 4. The molecule has 1 atom stereocenters.